The van der Waals surface area contributed by atoms with Crippen molar-refractivity contribution in [3.05, 3.63) is 29.8 Å². The first-order valence-electron chi connectivity index (χ1n) is 7.67. The zero-order chi connectivity index (χ0) is 14.2. The number of hydrogen-bond acceptors (Lipinski definition) is 3. The maximum Gasteiger partial charge on any atom is 0.119 e. The molecule has 1 aromatic carbocycles. The number of nitrogens with zero attached hydrogens (tertiary/aromatic N) is 2. The van der Waals surface area contributed by atoms with Crippen molar-refractivity contribution >= 4 is 0 Å². The van der Waals surface area contributed by atoms with Gasteiger partial charge < -0.3 is 4.74 Å². The van der Waals surface area contributed by atoms with E-state index in [-0.39, 0.29) is 0 Å². The summed E-state index contributed by atoms with van der Waals surface area (Å²) >= 11 is 0. The normalized spacial score (nSPS) is 20.1. The fourth-order valence-corrected chi connectivity index (χ4v) is 2.78. The summed E-state index contributed by atoms with van der Waals surface area (Å²) in [6.45, 7) is 6.43. The SMILES string of the molecule is CCC1CCCN(CCOc2ccc(C#N)cc2)CC1. The minimum absolute atomic E-state index is 0.676. The van der Waals surface area contributed by atoms with E-state index in [0.717, 1.165) is 24.8 Å². The monoisotopic (exact) mass is 272 g/mol. The molecule has 1 aliphatic heterocycles. The number of likely N-dealkylation sites (tertiary alicyclic amines) is 1. The van der Waals surface area contributed by atoms with Gasteiger partial charge in [-0.2, -0.15) is 5.26 Å². The molecule has 0 radical (unpaired) electrons. The van der Waals surface area contributed by atoms with E-state index in [1.807, 2.05) is 12.1 Å². The van der Waals surface area contributed by atoms with Crippen molar-refractivity contribution in [1.29, 1.82) is 5.26 Å². The Balaban J connectivity index is 1.71. The van der Waals surface area contributed by atoms with Gasteiger partial charge in [-0.25, -0.2) is 0 Å². The van der Waals surface area contributed by atoms with Crippen molar-refractivity contribution in [3.8, 4) is 11.8 Å². The lowest BCUT2D eigenvalue weighted by atomic mass is 9.98. The molecule has 0 amide bonds. The van der Waals surface area contributed by atoms with E-state index < -0.39 is 0 Å². The third-order valence-electron chi connectivity index (χ3n) is 4.18. The van der Waals surface area contributed by atoms with Crippen LogP contribution in [0.4, 0.5) is 0 Å². The molecular weight excluding hydrogens is 248 g/mol. The van der Waals surface area contributed by atoms with Crippen molar-refractivity contribution in [2.75, 3.05) is 26.2 Å². The number of ether oxygens (including phenoxy) is 1. The highest BCUT2D eigenvalue weighted by atomic mass is 16.5. The lowest BCUT2D eigenvalue weighted by Gasteiger charge is -2.20. The van der Waals surface area contributed by atoms with Gasteiger partial charge in [-0.05, 0) is 62.5 Å². The fraction of sp³-hybridized carbons (Fsp3) is 0.588. The molecule has 0 saturated carbocycles. The predicted octanol–water partition coefficient (Wildman–Crippen LogP) is 3.45. The van der Waals surface area contributed by atoms with Gasteiger partial charge in [0.1, 0.15) is 12.4 Å². The van der Waals surface area contributed by atoms with E-state index >= 15 is 0 Å². The summed E-state index contributed by atoms with van der Waals surface area (Å²) in [5.41, 5.74) is 0.676. The third-order valence-corrected chi connectivity index (χ3v) is 4.18. The highest BCUT2D eigenvalue weighted by molar-refractivity contribution is 5.34. The lowest BCUT2D eigenvalue weighted by Crippen LogP contribution is -2.29. The Morgan fingerprint density at radius 1 is 1.25 bits per heavy atom. The molecule has 0 aromatic heterocycles. The van der Waals surface area contributed by atoms with Crippen LogP contribution in [0, 0.1) is 17.2 Å². The second-order valence-corrected chi connectivity index (χ2v) is 5.53. The Kier molecular flexibility index (Phi) is 5.88. The van der Waals surface area contributed by atoms with Crippen molar-refractivity contribution < 1.29 is 4.74 Å². The summed E-state index contributed by atoms with van der Waals surface area (Å²) in [5, 5.41) is 8.75. The van der Waals surface area contributed by atoms with Crippen molar-refractivity contribution in [3.63, 3.8) is 0 Å². The van der Waals surface area contributed by atoms with E-state index in [2.05, 4.69) is 17.9 Å². The molecule has 3 heteroatoms. The second kappa shape index (κ2) is 7.91. The van der Waals surface area contributed by atoms with Gasteiger partial charge in [-0.1, -0.05) is 13.3 Å². The molecule has 0 aliphatic carbocycles. The molecule has 1 fully saturated rings. The molecule has 1 atom stereocenters. The van der Waals surface area contributed by atoms with Crippen molar-refractivity contribution in [1.82, 2.24) is 4.90 Å². The highest BCUT2D eigenvalue weighted by Crippen LogP contribution is 2.20. The number of benzene rings is 1. The van der Waals surface area contributed by atoms with Crippen LogP contribution in [0.5, 0.6) is 5.75 Å². The summed E-state index contributed by atoms with van der Waals surface area (Å²) in [7, 11) is 0. The van der Waals surface area contributed by atoms with E-state index in [1.54, 1.807) is 12.1 Å². The summed E-state index contributed by atoms with van der Waals surface area (Å²) in [5.74, 6) is 1.77. The molecule has 108 valence electrons. The van der Waals surface area contributed by atoms with E-state index in [9.17, 15) is 0 Å². The standard InChI is InChI=1S/C17H24N2O/c1-2-15-4-3-10-19(11-9-15)12-13-20-17-7-5-16(14-18)6-8-17/h5-8,15H,2-4,9-13H2,1H3. The first-order valence-corrected chi connectivity index (χ1v) is 7.67. The fourth-order valence-electron chi connectivity index (χ4n) is 2.78. The van der Waals surface area contributed by atoms with Gasteiger partial charge in [-0.3, -0.25) is 4.90 Å². The Bertz CT molecular complexity index is 435. The van der Waals surface area contributed by atoms with E-state index in [0.29, 0.717) is 5.56 Å². The molecule has 0 spiro atoms. The molecule has 1 aliphatic rings. The lowest BCUT2D eigenvalue weighted by molar-refractivity contribution is 0.212. The van der Waals surface area contributed by atoms with Crippen LogP contribution in [-0.2, 0) is 0 Å². The van der Waals surface area contributed by atoms with Gasteiger partial charge in [0.05, 0.1) is 11.6 Å². The van der Waals surface area contributed by atoms with Crippen molar-refractivity contribution in [2.24, 2.45) is 5.92 Å². The molecule has 20 heavy (non-hydrogen) atoms. The molecule has 1 unspecified atom stereocenters. The zero-order valence-corrected chi connectivity index (χ0v) is 12.3. The van der Waals surface area contributed by atoms with E-state index in [1.165, 1.54) is 38.8 Å². The second-order valence-electron chi connectivity index (χ2n) is 5.53. The Labute approximate surface area is 122 Å². The smallest absolute Gasteiger partial charge is 0.119 e. The van der Waals surface area contributed by atoms with Crippen LogP contribution in [-0.4, -0.2) is 31.1 Å². The molecule has 0 bridgehead atoms. The maximum absolute atomic E-state index is 8.75. The number of hydrogen-bond donors (Lipinski definition) is 0. The molecule has 1 aromatic rings. The number of rotatable bonds is 5. The van der Waals surface area contributed by atoms with Gasteiger partial charge in [-0.15, -0.1) is 0 Å². The summed E-state index contributed by atoms with van der Waals surface area (Å²) in [6, 6.07) is 9.45. The Morgan fingerprint density at radius 2 is 2.05 bits per heavy atom. The van der Waals surface area contributed by atoms with Crippen LogP contribution in [0.25, 0.3) is 0 Å². The quantitative estimate of drug-likeness (QED) is 0.823. The van der Waals surface area contributed by atoms with Gasteiger partial charge >= 0.3 is 0 Å². The minimum Gasteiger partial charge on any atom is -0.492 e. The molecular formula is C17H24N2O. The minimum atomic E-state index is 0.676. The molecule has 1 heterocycles. The van der Waals surface area contributed by atoms with Crippen LogP contribution in [0.1, 0.15) is 38.2 Å². The first-order chi connectivity index (χ1) is 9.81. The average molecular weight is 272 g/mol. The molecule has 2 rings (SSSR count). The molecule has 3 nitrogen and oxygen atoms in total. The third kappa shape index (κ3) is 4.54. The maximum atomic E-state index is 8.75. The number of nitriles is 1. The largest absolute Gasteiger partial charge is 0.492 e. The highest BCUT2D eigenvalue weighted by Gasteiger charge is 2.15. The average Bonchev–Trinajstić information content (AvgIpc) is 2.73. The molecule has 0 N–H and O–H groups in total. The predicted molar refractivity (Wildman–Crippen MR) is 80.7 cm³/mol. The Morgan fingerprint density at radius 3 is 2.75 bits per heavy atom. The summed E-state index contributed by atoms with van der Waals surface area (Å²) in [4.78, 5) is 2.51. The van der Waals surface area contributed by atoms with Crippen LogP contribution in [0.3, 0.4) is 0 Å². The summed E-state index contributed by atoms with van der Waals surface area (Å²) < 4.78 is 5.75. The van der Waals surface area contributed by atoms with E-state index in [4.69, 9.17) is 10.00 Å². The van der Waals surface area contributed by atoms with Gasteiger partial charge in [0.25, 0.3) is 0 Å². The van der Waals surface area contributed by atoms with Gasteiger partial charge in [0.2, 0.25) is 0 Å². The van der Waals surface area contributed by atoms with Crippen LogP contribution >= 0.6 is 0 Å². The van der Waals surface area contributed by atoms with Crippen LogP contribution in [0.15, 0.2) is 24.3 Å². The zero-order valence-electron chi connectivity index (χ0n) is 12.3. The molecule has 1 saturated heterocycles. The van der Waals surface area contributed by atoms with Crippen molar-refractivity contribution in [2.45, 2.75) is 32.6 Å². The first kappa shape index (κ1) is 14.9. The summed E-state index contributed by atoms with van der Waals surface area (Å²) in [6.07, 6.45) is 5.34. The topological polar surface area (TPSA) is 36.3 Å². The van der Waals surface area contributed by atoms with Crippen LogP contribution < -0.4 is 4.74 Å². The van der Waals surface area contributed by atoms with Crippen LogP contribution in [0.2, 0.25) is 0 Å². The Hall–Kier alpha value is -1.53. The van der Waals surface area contributed by atoms with Gasteiger partial charge in [0, 0.05) is 6.54 Å². The van der Waals surface area contributed by atoms with Gasteiger partial charge in [0.15, 0.2) is 0 Å².